The van der Waals surface area contributed by atoms with Gasteiger partial charge in [-0.1, -0.05) is 18.2 Å². The van der Waals surface area contributed by atoms with E-state index in [-0.39, 0.29) is 6.04 Å². The maximum atomic E-state index is 13.0. The SMILES string of the molecule is NC(=O)N1CC=CCC1Cc1ccc(-n2cc(F)cn2)nc1. The molecule has 1 aliphatic heterocycles. The Balaban J connectivity index is 1.73. The molecule has 0 aromatic carbocycles. The molecule has 2 amide bonds. The summed E-state index contributed by atoms with van der Waals surface area (Å²) < 4.78 is 14.3. The second kappa shape index (κ2) is 5.97. The predicted octanol–water partition coefficient (Wildman–Crippen LogP) is 1.66. The molecule has 0 spiro atoms. The fraction of sp³-hybridized carbons (Fsp3) is 0.267. The minimum atomic E-state index is -0.411. The van der Waals surface area contributed by atoms with Crippen molar-refractivity contribution in [3.8, 4) is 5.82 Å². The highest BCUT2D eigenvalue weighted by atomic mass is 19.1. The van der Waals surface area contributed by atoms with Crippen LogP contribution in [0.4, 0.5) is 9.18 Å². The molecule has 2 aromatic rings. The molecule has 22 heavy (non-hydrogen) atoms. The van der Waals surface area contributed by atoms with Crippen molar-refractivity contribution in [3.05, 3.63) is 54.3 Å². The Morgan fingerprint density at radius 1 is 1.36 bits per heavy atom. The van der Waals surface area contributed by atoms with Crippen molar-refractivity contribution in [2.45, 2.75) is 18.9 Å². The first-order chi connectivity index (χ1) is 10.6. The molecule has 3 heterocycles. The number of carbonyl (C=O) groups is 1. The lowest BCUT2D eigenvalue weighted by Crippen LogP contribution is -2.46. The van der Waals surface area contributed by atoms with Gasteiger partial charge in [0.05, 0.1) is 12.4 Å². The van der Waals surface area contributed by atoms with Crippen LogP contribution in [-0.2, 0) is 6.42 Å². The van der Waals surface area contributed by atoms with Crippen molar-refractivity contribution < 1.29 is 9.18 Å². The Labute approximate surface area is 127 Å². The van der Waals surface area contributed by atoms with Crippen LogP contribution in [0, 0.1) is 5.82 Å². The summed E-state index contributed by atoms with van der Waals surface area (Å²) in [5.41, 5.74) is 6.39. The maximum Gasteiger partial charge on any atom is 0.315 e. The van der Waals surface area contributed by atoms with Gasteiger partial charge in [-0.25, -0.2) is 18.9 Å². The van der Waals surface area contributed by atoms with Gasteiger partial charge in [-0.15, -0.1) is 0 Å². The molecule has 0 saturated carbocycles. The number of rotatable bonds is 3. The van der Waals surface area contributed by atoms with Gasteiger partial charge in [0.1, 0.15) is 0 Å². The molecule has 1 atom stereocenters. The lowest BCUT2D eigenvalue weighted by Gasteiger charge is -2.31. The zero-order chi connectivity index (χ0) is 15.5. The van der Waals surface area contributed by atoms with Crippen molar-refractivity contribution in [1.29, 1.82) is 0 Å². The Hall–Kier alpha value is -2.70. The number of nitrogens with two attached hydrogens (primary N) is 1. The smallest absolute Gasteiger partial charge is 0.315 e. The van der Waals surface area contributed by atoms with Crippen molar-refractivity contribution in [3.63, 3.8) is 0 Å². The monoisotopic (exact) mass is 301 g/mol. The molecular formula is C15H16FN5O. The molecule has 114 valence electrons. The molecule has 0 bridgehead atoms. The van der Waals surface area contributed by atoms with E-state index in [9.17, 15) is 9.18 Å². The van der Waals surface area contributed by atoms with Crippen LogP contribution >= 0.6 is 0 Å². The van der Waals surface area contributed by atoms with E-state index < -0.39 is 11.8 Å². The first-order valence-electron chi connectivity index (χ1n) is 7.00. The minimum Gasteiger partial charge on any atom is -0.351 e. The third-order valence-corrected chi connectivity index (χ3v) is 3.67. The van der Waals surface area contributed by atoms with Crippen LogP contribution in [0.5, 0.6) is 0 Å². The van der Waals surface area contributed by atoms with Gasteiger partial charge in [-0.3, -0.25) is 0 Å². The topological polar surface area (TPSA) is 77.0 Å². The molecule has 0 aliphatic carbocycles. The Kier molecular flexibility index (Phi) is 3.86. The number of hydrogen-bond donors (Lipinski definition) is 1. The van der Waals surface area contributed by atoms with Crippen LogP contribution in [0.3, 0.4) is 0 Å². The standard InChI is InChI=1S/C15H16FN5O/c16-12-9-19-21(10-12)14-5-4-11(8-18-14)7-13-3-1-2-6-20(13)15(17)22/h1-2,4-5,8-10,13H,3,6-7H2,(H2,17,22). The molecule has 0 fully saturated rings. The Bertz CT molecular complexity index is 694. The fourth-order valence-corrected chi connectivity index (χ4v) is 2.55. The third kappa shape index (κ3) is 2.98. The Morgan fingerprint density at radius 3 is 2.86 bits per heavy atom. The second-order valence-corrected chi connectivity index (χ2v) is 5.18. The lowest BCUT2D eigenvalue weighted by atomic mass is 10.0. The van der Waals surface area contributed by atoms with E-state index in [2.05, 4.69) is 16.2 Å². The van der Waals surface area contributed by atoms with Crippen molar-refractivity contribution in [1.82, 2.24) is 19.7 Å². The normalized spacial score (nSPS) is 17.7. The average Bonchev–Trinajstić information content (AvgIpc) is 2.95. The van der Waals surface area contributed by atoms with E-state index in [0.29, 0.717) is 18.8 Å². The molecule has 0 radical (unpaired) electrons. The number of halogens is 1. The molecule has 0 saturated heterocycles. The highest BCUT2D eigenvalue weighted by molar-refractivity contribution is 5.72. The highest BCUT2D eigenvalue weighted by Gasteiger charge is 2.22. The highest BCUT2D eigenvalue weighted by Crippen LogP contribution is 2.17. The van der Waals surface area contributed by atoms with Gasteiger partial charge in [0, 0.05) is 18.8 Å². The molecule has 7 heteroatoms. The van der Waals surface area contributed by atoms with E-state index in [0.717, 1.165) is 18.2 Å². The number of pyridine rings is 1. The van der Waals surface area contributed by atoms with E-state index in [4.69, 9.17) is 5.73 Å². The van der Waals surface area contributed by atoms with Crippen LogP contribution in [0.1, 0.15) is 12.0 Å². The van der Waals surface area contributed by atoms with E-state index in [1.807, 2.05) is 12.1 Å². The summed E-state index contributed by atoms with van der Waals surface area (Å²) in [6.45, 7) is 0.540. The van der Waals surface area contributed by atoms with Crippen molar-refractivity contribution in [2.75, 3.05) is 6.54 Å². The van der Waals surface area contributed by atoms with Crippen molar-refractivity contribution >= 4 is 6.03 Å². The number of hydrogen-bond acceptors (Lipinski definition) is 3. The zero-order valence-electron chi connectivity index (χ0n) is 11.9. The van der Waals surface area contributed by atoms with Crippen molar-refractivity contribution in [2.24, 2.45) is 5.73 Å². The lowest BCUT2D eigenvalue weighted by molar-refractivity contribution is 0.188. The summed E-state index contributed by atoms with van der Waals surface area (Å²) in [5.74, 6) is 0.139. The first kappa shape index (κ1) is 14.2. The van der Waals surface area contributed by atoms with Crippen LogP contribution in [0.15, 0.2) is 42.9 Å². The van der Waals surface area contributed by atoms with Crippen LogP contribution in [0.25, 0.3) is 5.82 Å². The molecule has 2 aromatic heterocycles. The fourth-order valence-electron chi connectivity index (χ4n) is 2.55. The van der Waals surface area contributed by atoms with E-state index in [1.165, 1.54) is 10.9 Å². The van der Waals surface area contributed by atoms with Gasteiger partial charge in [-0.05, 0) is 24.5 Å². The van der Waals surface area contributed by atoms with E-state index in [1.54, 1.807) is 17.2 Å². The third-order valence-electron chi connectivity index (χ3n) is 3.67. The van der Waals surface area contributed by atoms with Gasteiger partial charge in [0.25, 0.3) is 0 Å². The summed E-state index contributed by atoms with van der Waals surface area (Å²) in [4.78, 5) is 17.4. The summed E-state index contributed by atoms with van der Waals surface area (Å²) in [6.07, 6.45) is 9.56. The number of nitrogens with zero attached hydrogens (tertiary/aromatic N) is 4. The molecular weight excluding hydrogens is 285 g/mol. The van der Waals surface area contributed by atoms with Gasteiger partial charge >= 0.3 is 6.03 Å². The number of carbonyl (C=O) groups excluding carboxylic acids is 1. The molecule has 6 nitrogen and oxygen atoms in total. The van der Waals surface area contributed by atoms with Gasteiger partial charge in [0.15, 0.2) is 11.6 Å². The van der Waals surface area contributed by atoms with Crippen LogP contribution < -0.4 is 5.73 Å². The van der Waals surface area contributed by atoms with Gasteiger partial charge in [0.2, 0.25) is 0 Å². The number of primary amides is 1. The summed E-state index contributed by atoms with van der Waals surface area (Å²) in [7, 11) is 0. The first-order valence-corrected chi connectivity index (χ1v) is 7.00. The molecule has 1 aliphatic rings. The molecule has 1 unspecified atom stereocenters. The molecule has 3 rings (SSSR count). The minimum absolute atomic E-state index is 0.0392. The summed E-state index contributed by atoms with van der Waals surface area (Å²) in [5, 5.41) is 3.87. The summed E-state index contributed by atoms with van der Waals surface area (Å²) >= 11 is 0. The quantitative estimate of drug-likeness (QED) is 0.876. The number of aromatic nitrogens is 3. The van der Waals surface area contributed by atoms with E-state index >= 15 is 0 Å². The average molecular weight is 301 g/mol. The van der Waals surface area contributed by atoms with Crippen LogP contribution in [0.2, 0.25) is 0 Å². The van der Waals surface area contributed by atoms with Gasteiger partial charge < -0.3 is 10.6 Å². The zero-order valence-corrected chi connectivity index (χ0v) is 11.9. The van der Waals surface area contributed by atoms with Gasteiger partial charge in [-0.2, -0.15) is 5.10 Å². The number of amides is 2. The molecule has 2 N–H and O–H groups in total. The predicted molar refractivity (Wildman–Crippen MR) is 78.9 cm³/mol. The van der Waals surface area contributed by atoms with Crippen LogP contribution in [-0.4, -0.2) is 38.3 Å². The number of urea groups is 1. The largest absolute Gasteiger partial charge is 0.351 e. The summed E-state index contributed by atoms with van der Waals surface area (Å²) in [6, 6.07) is 3.30. The second-order valence-electron chi connectivity index (χ2n) is 5.18. The Morgan fingerprint density at radius 2 is 2.23 bits per heavy atom. The maximum absolute atomic E-state index is 13.0.